The number of nitriles is 1. The number of benzene rings is 2. The lowest BCUT2D eigenvalue weighted by Crippen LogP contribution is -2.42. The molecule has 1 fully saturated rings. The third kappa shape index (κ3) is 3.81. The van der Waals surface area contributed by atoms with E-state index >= 15 is 0 Å². The number of ether oxygens (including phenoxy) is 1. The Bertz CT molecular complexity index is 715. The molecule has 3 rings (SSSR count). The second kappa shape index (κ2) is 7.57. The van der Waals surface area contributed by atoms with Gasteiger partial charge in [-0.05, 0) is 48.2 Å². The monoisotopic (exact) mass is 324 g/mol. The highest BCUT2D eigenvalue weighted by Gasteiger charge is 2.34. The predicted octanol–water partition coefficient (Wildman–Crippen LogP) is 3.54. The molecule has 3 nitrogen and oxygen atoms in total. The summed E-state index contributed by atoms with van der Waals surface area (Å²) in [5, 5.41) is 12.4. The molecule has 0 atom stereocenters. The highest BCUT2D eigenvalue weighted by atomic mass is 19.1. The van der Waals surface area contributed by atoms with Crippen molar-refractivity contribution in [1.82, 2.24) is 5.32 Å². The van der Waals surface area contributed by atoms with Crippen molar-refractivity contribution < 1.29 is 9.13 Å². The van der Waals surface area contributed by atoms with Crippen LogP contribution in [-0.4, -0.2) is 19.8 Å². The van der Waals surface area contributed by atoms with Gasteiger partial charge in [0.1, 0.15) is 5.82 Å². The molecule has 1 saturated heterocycles. The zero-order valence-electron chi connectivity index (χ0n) is 13.6. The lowest BCUT2D eigenvalue weighted by molar-refractivity contribution is 0.0497. The molecule has 0 radical (unpaired) electrons. The smallest absolute Gasteiger partial charge is 0.123 e. The molecule has 0 unspecified atom stereocenters. The molecule has 2 aromatic rings. The van der Waals surface area contributed by atoms with Gasteiger partial charge in [-0.2, -0.15) is 5.26 Å². The molecule has 1 aliphatic heterocycles. The first-order valence-electron chi connectivity index (χ1n) is 8.25. The average molecular weight is 324 g/mol. The zero-order chi connectivity index (χ0) is 16.8. The van der Waals surface area contributed by atoms with E-state index in [0.29, 0.717) is 18.8 Å². The van der Waals surface area contributed by atoms with Crippen LogP contribution < -0.4 is 5.32 Å². The highest BCUT2D eigenvalue weighted by Crippen LogP contribution is 2.34. The maximum absolute atomic E-state index is 13.7. The summed E-state index contributed by atoms with van der Waals surface area (Å²) in [7, 11) is 0. The Labute approximate surface area is 142 Å². The van der Waals surface area contributed by atoms with Gasteiger partial charge in [0, 0.05) is 31.7 Å². The fourth-order valence-electron chi connectivity index (χ4n) is 3.29. The molecule has 0 spiro atoms. The van der Waals surface area contributed by atoms with Crippen molar-refractivity contribution in [2.45, 2.75) is 24.8 Å². The fraction of sp³-hybridized carbons (Fsp3) is 0.350. The molecule has 1 aliphatic rings. The van der Waals surface area contributed by atoms with Crippen LogP contribution in [-0.2, 0) is 16.7 Å². The second-order valence-corrected chi connectivity index (χ2v) is 6.32. The third-order valence-corrected chi connectivity index (χ3v) is 4.76. The molecule has 0 bridgehead atoms. The lowest BCUT2D eigenvalue weighted by Gasteiger charge is -2.38. The molecule has 0 amide bonds. The summed E-state index contributed by atoms with van der Waals surface area (Å²) in [6.07, 6.45) is 1.77. The van der Waals surface area contributed by atoms with Gasteiger partial charge in [-0.25, -0.2) is 4.39 Å². The van der Waals surface area contributed by atoms with Crippen LogP contribution in [0.5, 0.6) is 0 Å². The summed E-state index contributed by atoms with van der Waals surface area (Å²) < 4.78 is 19.2. The standard InChI is InChI=1S/C20H21FN2O/c21-19-3-1-2-18(12-19)20(8-10-24-11-9-20)15-23-14-17-6-4-16(13-22)5-7-17/h1-7,12,23H,8-11,14-15H2. The van der Waals surface area contributed by atoms with Gasteiger partial charge < -0.3 is 10.1 Å². The Balaban J connectivity index is 1.69. The molecule has 0 saturated carbocycles. The number of rotatable bonds is 5. The van der Waals surface area contributed by atoms with Gasteiger partial charge in [-0.1, -0.05) is 24.3 Å². The molecular weight excluding hydrogens is 303 g/mol. The van der Waals surface area contributed by atoms with Crippen LogP contribution in [0.3, 0.4) is 0 Å². The van der Waals surface area contributed by atoms with Crippen molar-refractivity contribution >= 4 is 0 Å². The highest BCUT2D eigenvalue weighted by molar-refractivity contribution is 5.32. The molecule has 4 heteroatoms. The minimum atomic E-state index is -0.189. The van der Waals surface area contributed by atoms with Crippen molar-refractivity contribution in [3.63, 3.8) is 0 Å². The van der Waals surface area contributed by atoms with Gasteiger partial charge in [0.15, 0.2) is 0 Å². The maximum Gasteiger partial charge on any atom is 0.123 e. The lowest BCUT2D eigenvalue weighted by atomic mass is 9.74. The van der Waals surface area contributed by atoms with Gasteiger partial charge >= 0.3 is 0 Å². The van der Waals surface area contributed by atoms with Gasteiger partial charge in [0.05, 0.1) is 11.6 Å². The van der Waals surface area contributed by atoms with E-state index in [1.807, 2.05) is 30.3 Å². The van der Waals surface area contributed by atoms with E-state index in [-0.39, 0.29) is 11.2 Å². The number of hydrogen-bond acceptors (Lipinski definition) is 3. The van der Waals surface area contributed by atoms with Crippen molar-refractivity contribution in [2.24, 2.45) is 0 Å². The normalized spacial score (nSPS) is 16.5. The first-order chi connectivity index (χ1) is 11.7. The summed E-state index contributed by atoms with van der Waals surface area (Å²) in [6, 6.07) is 16.6. The molecule has 1 heterocycles. The van der Waals surface area contributed by atoms with E-state index in [0.717, 1.165) is 37.1 Å². The Morgan fingerprint density at radius 3 is 2.54 bits per heavy atom. The van der Waals surface area contributed by atoms with Crippen molar-refractivity contribution in [1.29, 1.82) is 5.26 Å². The molecule has 2 aromatic carbocycles. The van der Waals surface area contributed by atoms with Gasteiger partial charge in [0.2, 0.25) is 0 Å². The topological polar surface area (TPSA) is 45.0 Å². The Morgan fingerprint density at radius 1 is 1.12 bits per heavy atom. The summed E-state index contributed by atoms with van der Waals surface area (Å²) in [5.41, 5.74) is 2.75. The molecule has 124 valence electrons. The summed E-state index contributed by atoms with van der Waals surface area (Å²) >= 11 is 0. The number of nitrogens with zero attached hydrogens (tertiary/aromatic N) is 1. The maximum atomic E-state index is 13.7. The molecular formula is C20H21FN2O. The van der Waals surface area contributed by atoms with Gasteiger partial charge in [-0.3, -0.25) is 0 Å². The molecule has 1 N–H and O–H groups in total. The van der Waals surface area contributed by atoms with Crippen molar-refractivity contribution in [2.75, 3.05) is 19.8 Å². The first kappa shape index (κ1) is 16.6. The van der Waals surface area contributed by atoms with Crippen LogP contribution in [0.25, 0.3) is 0 Å². The molecule has 0 aromatic heterocycles. The largest absolute Gasteiger partial charge is 0.381 e. The molecule has 0 aliphatic carbocycles. The minimum absolute atomic E-state index is 0.0903. The van der Waals surface area contributed by atoms with Crippen LogP contribution in [0.2, 0.25) is 0 Å². The van der Waals surface area contributed by atoms with Crippen molar-refractivity contribution in [3.05, 3.63) is 71.0 Å². The van der Waals surface area contributed by atoms with Crippen molar-refractivity contribution in [3.8, 4) is 6.07 Å². The predicted molar refractivity (Wildman–Crippen MR) is 91.0 cm³/mol. The minimum Gasteiger partial charge on any atom is -0.381 e. The number of halogens is 1. The van der Waals surface area contributed by atoms with E-state index in [2.05, 4.69) is 11.4 Å². The van der Waals surface area contributed by atoms with Crippen LogP contribution in [0.15, 0.2) is 48.5 Å². The quantitative estimate of drug-likeness (QED) is 0.915. The van der Waals surface area contributed by atoms with Crippen LogP contribution in [0, 0.1) is 17.1 Å². The summed E-state index contributed by atoms with van der Waals surface area (Å²) in [6.45, 7) is 2.91. The summed E-state index contributed by atoms with van der Waals surface area (Å²) in [4.78, 5) is 0. The average Bonchev–Trinajstić information content (AvgIpc) is 2.63. The number of nitrogens with one attached hydrogen (secondary N) is 1. The van der Waals surface area contributed by atoms with Crippen LogP contribution in [0.1, 0.15) is 29.5 Å². The van der Waals surface area contributed by atoms with E-state index in [1.165, 1.54) is 6.07 Å². The van der Waals surface area contributed by atoms with Gasteiger partial charge in [0.25, 0.3) is 0 Å². The van der Waals surface area contributed by atoms with Crippen LogP contribution in [0.4, 0.5) is 4.39 Å². The van der Waals surface area contributed by atoms with E-state index in [9.17, 15) is 4.39 Å². The zero-order valence-corrected chi connectivity index (χ0v) is 13.6. The Hall–Kier alpha value is -2.22. The first-order valence-corrected chi connectivity index (χ1v) is 8.25. The van der Waals surface area contributed by atoms with E-state index < -0.39 is 0 Å². The van der Waals surface area contributed by atoms with Crippen LogP contribution >= 0.6 is 0 Å². The molecule has 24 heavy (non-hydrogen) atoms. The Morgan fingerprint density at radius 2 is 1.88 bits per heavy atom. The SMILES string of the molecule is N#Cc1ccc(CNCC2(c3cccc(F)c3)CCOCC2)cc1. The van der Waals surface area contributed by atoms with E-state index in [4.69, 9.17) is 10.00 Å². The summed E-state index contributed by atoms with van der Waals surface area (Å²) in [5.74, 6) is -0.189. The van der Waals surface area contributed by atoms with E-state index in [1.54, 1.807) is 12.1 Å². The fourth-order valence-corrected chi connectivity index (χ4v) is 3.29. The third-order valence-electron chi connectivity index (χ3n) is 4.76. The number of hydrogen-bond donors (Lipinski definition) is 1. The van der Waals surface area contributed by atoms with Gasteiger partial charge in [-0.15, -0.1) is 0 Å². The second-order valence-electron chi connectivity index (χ2n) is 6.32. The Kier molecular flexibility index (Phi) is 5.24.